The van der Waals surface area contributed by atoms with Gasteiger partial charge in [-0.2, -0.15) is 0 Å². The van der Waals surface area contributed by atoms with E-state index in [9.17, 15) is 39.9 Å². The van der Waals surface area contributed by atoms with Crippen LogP contribution in [0.2, 0.25) is 0 Å². The molecule has 1 amide bonds. The van der Waals surface area contributed by atoms with Gasteiger partial charge in [0.2, 0.25) is 5.78 Å². The Hall–Kier alpha value is -4.31. The Morgan fingerprint density at radius 1 is 1.05 bits per heavy atom. The van der Waals surface area contributed by atoms with Crippen molar-refractivity contribution in [2.75, 3.05) is 19.0 Å². The summed E-state index contributed by atoms with van der Waals surface area (Å²) in [7, 11) is 3.59. The number of hydrogen-bond donors (Lipinski definition) is 6. The highest BCUT2D eigenvalue weighted by molar-refractivity contribution is 6.22. The number of anilines is 1. The quantitative estimate of drug-likeness (QED) is 0.339. The molecule has 3 aliphatic rings. The van der Waals surface area contributed by atoms with E-state index < -0.39 is 52.0 Å². The first-order chi connectivity index (χ1) is 17.4. The Bertz CT molecular complexity index is 1450. The number of primary amides is 1. The zero-order valence-corrected chi connectivity index (χ0v) is 20.1. The third-order valence-electron chi connectivity index (χ3n) is 7.70. The van der Waals surface area contributed by atoms with Crippen LogP contribution in [-0.2, 0) is 20.8 Å². The van der Waals surface area contributed by atoms with Crippen molar-refractivity contribution in [3.63, 3.8) is 0 Å². The molecule has 0 bridgehead atoms. The standard InChI is InChI=1S/C27H26N2O8/c1-29(2)17-10-15(11-3-5-14(30)6-4-11)22(32)20-16(17)8-12-7-13-9-18(31)21(26(28)36)25(35)27(13,37)24(34)19(12)23(20)33/h3-6,10,12-13,30,32-33,35,37H,7-9H2,1-2H3,(H2,28,36). The number of ketones is 2. The Kier molecular flexibility index (Phi) is 5.34. The highest BCUT2D eigenvalue weighted by atomic mass is 16.3. The van der Waals surface area contributed by atoms with Crippen LogP contribution in [0.25, 0.3) is 16.9 Å². The molecule has 0 spiro atoms. The molecule has 1 saturated carbocycles. The topological polar surface area (TPSA) is 182 Å². The van der Waals surface area contributed by atoms with Gasteiger partial charge in [-0.05, 0) is 48.1 Å². The number of phenols is 2. The van der Waals surface area contributed by atoms with Gasteiger partial charge in [-0.3, -0.25) is 14.4 Å². The van der Waals surface area contributed by atoms with E-state index in [4.69, 9.17) is 5.73 Å². The summed E-state index contributed by atoms with van der Waals surface area (Å²) in [4.78, 5) is 39.8. The number of hydrogen-bond acceptors (Lipinski definition) is 9. The zero-order valence-electron chi connectivity index (χ0n) is 20.1. The van der Waals surface area contributed by atoms with Crippen molar-refractivity contribution in [2.45, 2.75) is 24.9 Å². The minimum Gasteiger partial charge on any atom is -0.508 e. The van der Waals surface area contributed by atoms with Crippen molar-refractivity contribution in [2.24, 2.45) is 17.6 Å². The minimum absolute atomic E-state index is 0.0152. The molecule has 192 valence electrons. The molecular weight excluding hydrogens is 480 g/mol. The minimum atomic E-state index is -2.61. The average molecular weight is 507 g/mol. The van der Waals surface area contributed by atoms with Gasteiger partial charge in [-0.15, -0.1) is 0 Å². The van der Waals surface area contributed by atoms with Crippen LogP contribution in [0, 0.1) is 11.8 Å². The molecule has 1 fully saturated rings. The number of phenolic OH excluding ortho intramolecular Hbond substituents is 2. The van der Waals surface area contributed by atoms with Crippen LogP contribution in [0.1, 0.15) is 24.0 Å². The summed E-state index contributed by atoms with van der Waals surface area (Å²) in [5, 5.41) is 54.5. The number of aliphatic hydroxyl groups excluding tert-OH is 2. The normalized spacial score (nSPS) is 24.9. The van der Waals surface area contributed by atoms with Crippen molar-refractivity contribution in [3.8, 4) is 22.6 Å². The largest absolute Gasteiger partial charge is 0.508 e. The molecule has 2 aromatic carbocycles. The molecule has 10 heteroatoms. The van der Waals surface area contributed by atoms with Gasteiger partial charge in [0.1, 0.15) is 28.6 Å². The van der Waals surface area contributed by atoms with E-state index in [2.05, 4.69) is 0 Å². The van der Waals surface area contributed by atoms with Crippen molar-refractivity contribution < 1.29 is 39.9 Å². The van der Waals surface area contributed by atoms with Crippen LogP contribution in [0.4, 0.5) is 5.69 Å². The lowest BCUT2D eigenvalue weighted by Crippen LogP contribution is -2.58. The fourth-order valence-electron chi connectivity index (χ4n) is 5.93. The van der Waals surface area contributed by atoms with E-state index in [1.54, 1.807) is 37.2 Å². The molecule has 0 heterocycles. The highest BCUT2D eigenvalue weighted by Gasteiger charge is 2.60. The molecule has 7 N–H and O–H groups in total. The number of nitrogens with zero attached hydrogens (tertiary/aromatic N) is 1. The summed E-state index contributed by atoms with van der Waals surface area (Å²) in [5.41, 5.74) is 3.76. The first-order valence-corrected chi connectivity index (χ1v) is 11.7. The van der Waals surface area contributed by atoms with Crippen LogP contribution in [0.5, 0.6) is 11.5 Å². The number of carbonyl (C=O) groups is 3. The molecule has 0 aliphatic heterocycles. The van der Waals surface area contributed by atoms with Crippen LogP contribution in [0.3, 0.4) is 0 Å². The first kappa shape index (κ1) is 24.4. The second-order valence-electron chi connectivity index (χ2n) is 9.99. The van der Waals surface area contributed by atoms with Gasteiger partial charge >= 0.3 is 0 Å². The van der Waals surface area contributed by atoms with Gasteiger partial charge in [0, 0.05) is 43.3 Å². The first-order valence-electron chi connectivity index (χ1n) is 11.7. The van der Waals surface area contributed by atoms with Crippen molar-refractivity contribution in [1.82, 2.24) is 0 Å². The van der Waals surface area contributed by atoms with E-state index in [0.717, 1.165) is 0 Å². The number of carbonyl (C=O) groups excluding carboxylic acids is 3. The number of nitrogens with two attached hydrogens (primary N) is 1. The third kappa shape index (κ3) is 3.32. The van der Waals surface area contributed by atoms with Crippen LogP contribution in [-0.4, -0.2) is 62.7 Å². The fraction of sp³-hybridized carbons (Fsp3) is 0.296. The van der Waals surface area contributed by atoms with Crippen molar-refractivity contribution in [1.29, 1.82) is 0 Å². The molecule has 3 atom stereocenters. The number of aromatic hydroxyl groups is 2. The SMILES string of the molecule is CN(C)c1cc(-c2ccc(O)cc2)c(O)c2c1CC1CC3CC(=O)C(C(N)=O)=C(O)C3(O)C(=O)C1=C2O. The van der Waals surface area contributed by atoms with Crippen molar-refractivity contribution in [3.05, 3.63) is 58.4 Å². The number of Topliss-reactive ketones (excluding diaryl/α,β-unsaturated/α-hetero) is 2. The lowest BCUT2D eigenvalue weighted by atomic mass is 9.59. The Morgan fingerprint density at radius 3 is 2.30 bits per heavy atom. The van der Waals surface area contributed by atoms with E-state index in [1.807, 2.05) is 0 Å². The maximum Gasteiger partial charge on any atom is 0.255 e. The van der Waals surface area contributed by atoms with E-state index in [1.165, 1.54) is 12.1 Å². The highest BCUT2D eigenvalue weighted by Crippen LogP contribution is 2.54. The predicted octanol–water partition coefficient (Wildman–Crippen LogP) is 1.86. The molecule has 3 unspecified atom stereocenters. The number of aliphatic hydroxyl groups is 3. The molecule has 3 aliphatic carbocycles. The molecule has 0 radical (unpaired) electrons. The van der Waals surface area contributed by atoms with Crippen LogP contribution in [0.15, 0.2) is 47.2 Å². The van der Waals surface area contributed by atoms with Crippen molar-refractivity contribution >= 4 is 28.9 Å². The summed E-state index contributed by atoms with van der Waals surface area (Å²) in [6.07, 6.45) is -0.0882. The summed E-state index contributed by atoms with van der Waals surface area (Å²) < 4.78 is 0. The maximum atomic E-state index is 13.7. The van der Waals surface area contributed by atoms with Gasteiger partial charge in [-0.1, -0.05) is 12.1 Å². The third-order valence-corrected chi connectivity index (χ3v) is 7.70. The molecule has 10 nitrogen and oxygen atoms in total. The average Bonchev–Trinajstić information content (AvgIpc) is 2.82. The lowest BCUT2D eigenvalue weighted by molar-refractivity contribution is -0.147. The maximum absolute atomic E-state index is 13.7. The fourth-order valence-corrected chi connectivity index (χ4v) is 5.93. The van der Waals surface area contributed by atoms with Gasteiger partial charge < -0.3 is 36.2 Å². The second kappa shape index (κ2) is 8.10. The summed E-state index contributed by atoms with van der Waals surface area (Å²) in [6.45, 7) is 0. The molecule has 0 saturated heterocycles. The smallest absolute Gasteiger partial charge is 0.255 e. The van der Waals surface area contributed by atoms with Gasteiger partial charge in [0.25, 0.3) is 5.91 Å². The number of fused-ring (bicyclic) bond motifs is 3. The van der Waals surface area contributed by atoms with E-state index in [0.29, 0.717) is 22.4 Å². The monoisotopic (exact) mass is 506 g/mol. The molecule has 2 aromatic rings. The molecular formula is C27H26N2O8. The summed E-state index contributed by atoms with van der Waals surface area (Å²) >= 11 is 0. The molecule has 5 rings (SSSR count). The number of amides is 1. The molecule has 37 heavy (non-hydrogen) atoms. The van der Waals surface area contributed by atoms with Gasteiger partial charge in [-0.25, -0.2) is 0 Å². The molecule has 0 aromatic heterocycles. The Labute approximate surface area is 211 Å². The van der Waals surface area contributed by atoms with Crippen LogP contribution >= 0.6 is 0 Å². The summed E-state index contributed by atoms with van der Waals surface area (Å²) in [6, 6.07) is 7.84. The van der Waals surface area contributed by atoms with E-state index in [-0.39, 0.29) is 41.9 Å². The lowest BCUT2D eigenvalue weighted by Gasteiger charge is -2.46. The van der Waals surface area contributed by atoms with E-state index >= 15 is 0 Å². The Morgan fingerprint density at radius 2 is 1.70 bits per heavy atom. The second-order valence-corrected chi connectivity index (χ2v) is 9.99. The number of rotatable bonds is 3. The van der Waals surface area contributed by atoms with Crippen LogP contribution < -0.4 is 10.6 Å². The predicted molar refractivity (Wildman–Crippen MR) is 133 cm³/mol. The summed E-state index contributed by atoms with van der Waals surface area (Å²) in [5.74, 6) is -6.61. The number of benzene rings is 2. The zero-order chi connectivity index (χ0) is 27.0. The van der Waals surface area contributed by atoms with Gasteiger partial charge in [0.15, 0.2) is 11.4 Å². The Balaban J connectivity index is 1.75. The van der Waals surface area contributed by atoms with Gasteiger partial charge in [0.05, 0.1) is 5.56 Å².